The van der Waals surface area contributed by atoms with Crippen molar-refractivity contribution in [3.8, 4) is 0 Å². The molecular weight excluding hydrogens is 483 g/mol. The molecule has 3 unspecified atom stereocenters. The quantitative estimate of drug-likeness (QED) is 0.480. The van der Waals surface area contributed by atoms with Gasteiger partial charge in [-0.25, -0.2) is 4.79 Å². The first-order chi connectivity index (χ1) is 16.4. The van der Waals surface area contributed by atoms with E-state index in [1.807, 2.05) is 0 Å². The van der Waals surface area contributed by atoms with Crippen LogP contribution in [0.2, 0.25) is 5.02 Å². The van der Waals surface area contributed by atoms with Gasteiger partial charge in [-0.1, -0.05) is 11.6 Å². The largest absolute Gasteiger partial charge is 0.490 e. The van der Waals surface area contributed by atoms with E-state index in [1.165, 1.54) is 31.5 Å². The Morgan fingerprint density at radius 3 is 2.29 bits per heavy atom. The van der Waals surface area contributed by atoms with Crippen LogP contribution < -0.4 is 15.1 Å². The Morgan fingerprint density at radius 2 is 1.80 bits per heavy atom. The summed E-state index contributed by atoms with van der Waals surface area (Å²) in [6, 6.07) is 14.9. The zero-order valence-corrected chi connectivity index (χ0v) is 20.4. The number of benzene rings is 2. The fourth-order valence-corrected chi connectivity index (χ4v) is 5.24. The average Bonchev–Trinajstić information content (AvgIpc) is 3.46. The van der Waals surface area contributed by atoms with Crippen LogP contribution in [0.5, 0.6) is 0 Å². The van der Waals surface area contributed by atoms with Crippen LogP contribution in [0.3, 0.4) is 0 Å². The molecular formula is C25H30ClF3N3O3+. The summed E-state index contributed by atoms with van der Waals surface area (Å²) in [6.45, 7) is 7.91. The molecule has 0 saturated carbocycles. The molecule has 3 N–H and O–H groups in total. The van der Waals surface area contributed by atoms with Crippen LogP contribution in [0.4, 0.5) is 24.5 Å². The number of carboxylic acid groups (broad SMARTS) is 1. The van der Waals surface area contributed by atoms with E-state index in [-0.39, 0.29) is 5.91 Å². The number of nitrogens with one attached hydrogen (secondary N) is 2. The summed E-state index contributed by atoms with van der Waals surface area (Å²) in [6.07, 6.45) is -1.28. The molecule has 2 saturated heterocycles. The molecule has 190 valence electrons. The number of halogens is 4. The first-order valence-electron chi connectivity index (χ1n) is 11.5. The van der Waals surface area contributed by atoms with E-state index in [4.69, 9.17) is 21.5 Å². The van der Waals surface area contributed by atoms with E-state index in [2.05, 4.69) is 42.7 Å². The average molecular weight is 513 g/mol. The van der Waals surface area contributed by atoms with E-state index in [9.17, 15) is 18.0 Å². The van der Waals surface area contributed by atoms with Crippen LogP contribution in [-0.2, 0) is 4.79 Å². The summed E-state index contributed by atoms with van der Waals surface area (Å²) in [4.78, 5) is 21.5. The third-order valence-corrected chi connectivity index (χ3v) is 7.16. The van der Waals surface area contributed by atoms with Gasteiger partial charge in [-0.15, -0.1) is 0 Å². The number of likely N-dealkylation sites (tertiary alicyclic amines) is 1. The first-order valence-corrected chi connectivity index (χ1v) is 11.9. The smallest absolute Gasteiger partial charge is 0.475 e. The molecule has 1 amide bonds. The Labute approximate surface area is 207 Å². The Morgan fingerprint density at radius 1 is 1.14 bits per heavy atom. The number of hydrogen-bond donors (Lipinski definition) is 3. The summed E-state index contributed by atoms with van der Waals surface area (Å²) in [5.74, 6) is -2.86. The van der Waals surface area contributed by atoms with Crippen LogP contribution in [0.1, 0.15) is 42.1 Å². The zero-order chi connectivity index (χ0) is 25.8. The summed E-state index contributed by atoms with van der Waals surface area (Å²) in [5.41, 5.74) is 3.99. The predicted octanol–water partition coefficient (Wildman–Crippen LogP) is 5.39. The van der Waals surface area contributed by atoms with Crippen molar-refractivity contribution >= 4 is 34.9 Å². The molecule has 35 heavy (non-hydrogen) atoms. The number of aryl methyl sites for hydroxylation is 1. The van der Waals surface area contributed by atoms with Crippen molar-refractivity contribution in [1.29, 1.82) is 0 Å². The molecule has 6 nitrogen and oxygen atoms in total. The van der Waals surface area contributed by atoms with Gasteiger partial charge < -0.3 is 15.7 Å². The number of carbonyl (C=O) groups is 2. The van der Waals surface area contributed by atoms with Crippen molar-refractivity contribution in [1.82, 2.24) is 9.80 Å². The minimum atomic E-state index is -5.08. The van der Waals surface area contributed by atoms with Crippen molar-refractivity contribution in [2.24, 2.45) is 0 Å². The molecule has 2 aromatic rings. The third kappa shape index (κ3) is 6.15. The molecule has 10 heteroatoms. The standard InChI is InChI=1S/C23H28ClN3O.C2HF3O2/c1-16-14-20(27(13-3-4-17(27)2)21-11-12-25-15-21)9-10-22(16)26-23(28)18-5-7-19(24)8-6-18;3-2(4,5)1(6)7/h5-10,14,17,21,25H,3-4,11-13,15H2,1-2H3;(H,6,7)/p+1. The van der Waals surface area contributed by atoms with E-state index in [0.29, 0.717) is 22.7 Å². The SMILES string of the molecule is Cc1cc([N+]2(C3CCNC3)CCCC2C)ccc1NC(=O)c1ccc(Cl)cc1.O=C(O)C(F)(F)F. The Bertz CT molecular complexity index is 1060. The number of hydrogen-bond acceptors (Lipinski definition) is 3. The van der Waals surface area contributed by atoms with Gasteiger partial charge in [-0.05, 0) is 49.7 Å². The summed E-state index contributed by atoms with van der Waals surface area (Å²) >= 11 is 5.92. The monoisotopic (exact) mass is 512 g/mol. The van der Waals surface area contributed by atoms with Crippen LogP contribution >= 0.6 is 11.6 Å². The lowest BCUT2D eigenvalue weighted by Crippen LogP contribution is -2.59. The van der Waals surface area contributed by atoms with Gasteiger partial charge in [0.15, 0.2) is 0 Å². The maximum absolute atomic E-state index is 12.6. The zero-order valence-electron chi connectivity index (χ0n) is 19.7. The van der Waals surface area contributed by atoms with Crippen molar-refractivity contribution in [2.45, 2.75) is 51.4 Å². The summed E-state index contributed by atoms with van der Waals surface area (Å²) < 4.78 is 32.8. The van der Waals surface area contributed by atoms with E-state index >= 15 is 0 Å². The molecule has 2 aliphatic rings. The minimum Gasteiger partial charge on any atom is -0.475 e. The highest BCUT2D eigenvalue weighted by atomic mass is 35.5. The molecule has 0 radical (unpaired) electrons. The van der Waals surface area contributed by atoms with Gasteiger partial charge in [0.2, 0.25) is 0 Å². The normalized spacial score (nSPS) is 23.9. The topological polar surface area (TPSA) is 78.4 Å². The number of amides is 1. The van der Waals surface area contributed by atoms with E-state index in [1.54, 1.807) is 24.3 Å². The molecule has 2 fully saturated rings. The van der Waals surface area contributed by atoms with Gasteiger partial charge in [0.05, 0.1) is 12.6 Å². The molecule has 3 atom stereocenters. The van der Waals surface area contributed by atoms with E-state index in [0.717, 1.165) is 28.8 Å². The number of anilines is 1. The second-order valence-corrected chi connectivity index (χ2v) is 9.49. The molecule has 0 aliphatic carbocycles. The highest BCUT2D eigenvalue weighted by molar-refractivity contribution is 6.30. The number of nitrogens with zero attached hydrogens (tertiary/aromatic N) is 1. The fourth-order valence-electron chi connectivity index (χ4n) is 5.11. The van der Waals surface area contributed by atoms with Gasteiger partial charge in [-0.2, -0.15) is 13.2 Å². The second-order valence-electron chi connectivity index (χ2n) is 9.06. The number of carboxylic acids is 1. The number of carbonyl (C=O) groups excluding carboxylic acids is 1. The van der Waals surface area contributed by atoms with Crippen molar-refractivity contribution < 1.29 is 27.9 Å². The molecule has 2 aromatic carbocycles. The Kier molecular flexibility index (Phi) is 8.46. The third-order valence-electron chi connectivity index (χ3n) is 6.91. The number of alkyl halides is 3. The Hall–Kier alpha value is -2.62. The van der Waals surface area contributed by atoms with Crippen LogP contribution in [0.15, 0.2) is 42.5 Å². The molecule has 0 aromatic heterocycles. The molecule has 0 bridgehead atoms. The van der Waals surface area contributed by atoms with Gasteiger partial charge >= 0.3 is 12.1 Å². The van der Waals surface area contributed by atoms with Crippen LogP contribution in [-0.4, -0.2) is 54.9 Å². The summed E-state index contributed by atoms with van der Waals surface area (Å²) in [7, 11) is 0. The van der Waals surface area contributed by atoms with Crippen molar-refractivity contribution in [3.63, 3.8) is 0 Å². The van der Waals surface area contributed by atoms with Crippen LogP contribution in [0.25, 0.3) is 0 Å². The first kappa shape index (κ1) is 27.0. The van der Waals surface area contributed by atoms with Gasteiger partial charge in [0.1, 0.15) is 11.7 Å². The van der Waals surface area contributed by atoms with Gasteiger partial charge in [0.25, 0.3) is 5.91 Å². The number of quaternary nitrogens is 1. The number of rotatable bonds is 4. The highest BCUT2D eigenvalue weighted by Gasteiger charge is 2.48. The lowest BCUT2D eigenvalue weighted by molar-refractivity contribution is -0.192. The lowest BCUT2D eigenvalue weighted by atomic mass is 10.0. The molecule has 2 heterocycles. The maximum Gasteiger partial charge on any atom is 0.490 e. The van der Waals surface area contributed by atoms with Gasteiger partial charge in [-0.3, -0.25) is 9.28 Å². The number of aliphatic carboxylic acids is 1. The Balaban J connectivity index is 0.000000429. The molecule has 4 rings (SSSR count). The van der Waals surface area contributed by atoms with Crippen LogP contribution in [0, 0.1) is 6.92 Å². The van der Waals surface area contributed by atoms with Crippen molar-refractivity contribution in [2.75, 3.05) is 25.0 Å². The van der Waals surface area contributed by atoms with Gasteiger partial charge in [0, 0.05) is 60.8 Å². The maximum atomic E-state index is 12.6. The molecule has 2 aliphatic heterocycles. The van der Waals surface area contributed by atoms with E-state index < -0.39 is 12.1 Å². The highest BCUT2D eigenvalue weighted by Crippen LogP contribution is 2.40. The fraction of sp³-hybridized carbons (Fsp3) is 0.440. The molecule has 0 spiro atoms. The van der Waals surface area contributed by atoms with Crippen molar-refractivity contribution in [3.05, 3.63) is 58.6 Å². The predicted molar refractivity (Wildman–Crippen MR) is 131 cm³/mol. The lowest BCUT2D eigenvalue weighted by Gasteiger charge is -2.43. The second kappa shape index (κ2) is 11.0. The minimum absolute atomic E-state index is 0.106. The summed E-state index contributed by atoms with van der Waals surface area (Å²) in [5, 5.41) is 14.4.